The number of nitrogens with zero attached hydrogens (tertiary/aromatic N) is 1. The van der Waals surface area contributed by atoms with Gasteiger partial charge in [0, 0.05) is 16.6 Å². The first-order valence-electron chi connectivity index (χ1n) is 6.74. The number of likely N-dealkylation sites (N-methyl/N-ethyl adjacent to an activating group) is 1. The molecule has 1 aliphatic rings. The largest absolute Gasteiger partial charge is 0.326 e. The Balaban J connectivity index is 2.28. The summed E-state index contributed by atoms with van der Waals surface area (Å²) in [5.41, 5.74) is 7.27. The number of benzene rings is 1. The van der Waals surface area contributed by atoms with E-state index < -0.39 is 9.84 Å². The van der Waals surface area contributed by atoms with E-state index in [9.17, 15) is 8.42 Å². The zero-order valence-corrected chi connectivity index (χ0v) is 14.2. The third kappa shape index (κ3) is 3.42. The molecule has 0 amide bonds. The monoisotopic (exact) mass is 360 g/mol. The van der Waals surface area contributed by atoms with Crippen LogP contribution in [0, 0.1) is 0 Å². The smallest absolute Gasteiger partial charge is 0.151 e. The van der Waals surface area contributed by atoms with Gasteiger partial charge in [0.2, 0.25) is 0 Å². The van der Waals surface area contributed by atoms with Gasteiger partial charge in [0.15, 0.2) is 9.84 Å². The molecule has 3 unspecified atom stereocenters. The van der Waals surface area contributed by atoms with E-state index in [0.29, 0.717) is 6.42 Å². The van der Waals surface area contributed by atoms with Crippen LogP contribution >= 0.6 is 15.9 Å². The van der Waals surface area contributed by atoms with Gasteiger partial charge in [-0.05, 0) is 32.0 Å². The van der Waals surface area contributed by atoms with Crippen molar-refractivity contribution in [3.8, 4) is 0 Å². The molecule has 2 N–H and O–H groups in total. The Labute approximate surface area is 129 Å². The number of hydrogen-bond acceptors (Lipinski definition) is 4. The van der Waals surface area contributed by atoms with Gasteiger partial charge in [0.05, 0.1) is 17.5 Å². The summed E-state index contributed by atoms with van der Waals surface area (Å²) in [6.07, 6.45) is 0.687. The molecule has 0 radical (unpaired) electrons. The quantitative estimate of drug-likeness (QED) is 0.891. The summed E-state index contributed by atoms with van der Waals surface area (Å²) in [6, 6.07) is 7.94. The molecule has 3 atom stereocenters. The fourth-order valence-electron chi connectivity index (χ4n) is 2.91. The molecular weight excluding hydrogens is 340 g/mol. The van der Waals surface area contributed by atoms with Gasteiger partial charge in [-0.15, -0.1) is 0 Å². The SMILES string of the molecule is CC(N)C(c1ccccc1Br)N(C)C1CCS(=O)(=O)C1. The van der Waals surface area contributed by atoms with Gasteiger partial charge < -0.3 is 5.73 Å². The molecule has 6 heteroatoms. The van der Waals surface area contributed by atoms with Crippen molar-refractivity contribution in [2.75, 3.05) is 18.6 Å². The van der Waals surface area contributed by atoms with Gasteiger partial charge in [0.1, 0.15) is 0 Å². The predicted molar refractivity (Wildman–Crippen MR) is 85.4 cm³/mol. The van der Waals surface area contributed by atoms with E-state index in [1.54, 1.807) is 0 Å². The Morgan fingerprint density at radius 3 is 2.55 bits per heavy atom. The minimum atomic E-state index is -2.89. The molecular formula is C14H21BrN2O2S. The molecule has 0 aliphatic carbocycles. The van der Waals surface area contributed by atoms with Gasteiger partial charge in [-0.3, -0.25) is 4.90 Å². The highest BCUT2D eigenvalue weighted by Crippen LogP contribution is 2.32. The Morgan fingerprint density at radius 2 is 2.05 bits per heavy atom. The lowest BCUT2D eigenvalue weighted by Crippen LogP contribution is -2.43. The third-order valence-electron chi connectivity index (χ3n) is 3.95. The standard InChI is InChI=1S/C14H21BrN2O2S/c1-10(16)14(12-5-3-4-6-13(12)15)17(2)11-7-8-20(18,19)9-11/h3-6,10-11,14H,7-9,16H2,1-2H3. The van der Waals surface area contributed by atoms with Crippen molar-refractivity contribution < 1.29 is 8.42 Å². The fraction of sp³-hybridized carbons (Fsp3) is 0.571. The lowest BCUT2D eigenvalue weighted by molar-refractivity contribution is 0.167. The molecule has 1 saturated heterocycles. The Morgan fingerprint density at radius 1 is 1.40 bits per heavy atom. The molecule has 0 aromatic heterocycles. The zero-order chi connectivity index (χ0) is 14.9. The van der Waals surface area contributed by atoms with Crippen LogP contribution in [0.2, 0.25) is 0 Å². The Kier molecular flexibility index (Phi) is 4.89. The maximum absolute atomic E-state index is 11.7. The van der Waals surface area contributed by atoms with Gasteiger partial charge in [-0.1, -0.05) is 34.1 Å². The van der Waals surface area contributed by atoms with Crippen LogP contribution in [0.25, 0.3) is 0 Å². The van der Waals surface area contributed by atoms with Crippen molar-refractivity contribution >= 4 is 25.8 Å². The highest BCUT2D eigenvalue weighted by molar-refractivity contribution is 9.10. The summed E-state index contributed by atoms with van der Waals surface area (Å²) in [5.74, 6) is 0.515. The van der Waals surface area contributed by atoms with Crippen LogP contribution in [-0.4, -0.2) is 44.0 Å². The molecule has 20 heavy (non-hydrogen) atoms. The summed E-state index contributed by atoms with van der Waals surface area (Å²) in [7, 11) is -0.915. The highest BCUT2D eigenvalue weighted by Gasteiger charge is 2.35. The van der Waals surface area contributed by atoms with E-state index in [4.69, 9.17) is 5.73 Å². The van der Waals surface area contributed by atoms with E-state index in [-0.39, 0.29) is 29.6 Å². The van der Waals surface area contributed by atoms with Crippen molar-refractivity contribution in [1.82, 2.24) is 4.90 Å². The first-order valence-corrected chi connectivity index (χ1v) is 9.35. The fourth-order valence-corrected chi connectivity index (χ4v) is 5.22. The summed E-state index contributed by atoms with van der Waals surface area (Å²) >= 11 is 3.56. The minimum Gasteiger partial charge on any atom is -0.326 e. The summed E-state index contributed by atoms with van der Waals surface area (Å²) < 4.78 is 24.4. The van der Waals surface area contributed by atoms with E-state index in [1.807, 2.05) is 38.2 Å². The van der Waals surface area contributed by atoms with Crippen LogP contribution in [0.4, 0.5) is 0 Å². The van der Waals surface area contributed by atoms with Crippen molar-refractivity contribution in [2.45, 2.75) is 31.5 Å². The van der Waals surface area contributed by atoms with Crippen molar-refractivity contribution in [3.05, 3.63) is 34.3 Å². The van der Waals surface area contributed by atoms with Gasteiger partial charge in [0.25, 0.3) is 0 Å². The Hall–Kier alpha value is -0.430. The van der Waals surface area contributed by atoms with E-state index >= 15 is 0 Å². The van der Waals surface area contributed by atoms with E-state index in [2.05, 4.69) is 20.8 Å². The lowest BCUT2D eigenvalue weighted by atomic mass is 9.98. The molecule has 1 heterocycles. The molecule has 1 aliphatic heterocycles. The second kappa shape index (κ2) is 6.13. The molecule has 0 bridgehead atoms. The third-order valence-corrected chi connectivity index (χ3v) is 6.42. The molecule has 0 spiro atoms. The van der Waals surface area contributed by atoms with E-state index in [0.717, 1.165) is 10.0 Å². The number of rotatable bonds is 4. The minimum absolute atomic E-state index is 0.00359. The van der Waals surface area contributed by atoms with Crippen LogP contribution in [0.15, 0.2) is 28.7 Å². The predicted octanol–water partition coefficient (Wildman–Crippen LogP) is 1.96. The van der Waals surface area contributed by atoms with Crippen LogP contribution < -0.4 is 5.73 Å². The second-order valence-electron chi connectivity index (χ2n) is 5.55. The summed E-state index contributed by atoms with van der Waals surface area (Å²) in [6.45, 7) is 1.96. The van der Waals surface area contributed by atoms with E-state index in [1.165, 1.54) is 0 Å². The number of sulfone groups is 1. The van der Waals surface area contributed by atoms with Crippen molar-refractivity contribution in [2.24, 2.45) is 5.73 Å². The highest BCUT2D eigenvalue weighted by atomic mass is 79.9. The number of hydrogen-bond donors (Lipinski definition) is 1. The maximum Gasteiger partial charge on any atom is 0.151 e. The number of nitrogens with two attached hydrogens (primary N) is 1. The molecule has 2 rings (SSSR count). The van der Waals surface area contributed by atoms with Gasteiger partial charge in [-0.25, -0.2) is 8.42 Å². The molecule has 1 fully saturated rings. The van der Waals surface area contributed by atoms with Gasteiger partial charge >= 0.3 is 0 Å². The van der Waals surface area contributed by atoms with Crippen molar-refractivity contribution in [3.63, 3.8) is 0 Å². The average Bonchev–Trinajstić information content (AvgIpc) is 2.72. The second-order valence-corrected chi connectivity index (χ2v) is 8.63. The van der Waals surface area contributed by atoms with Crippen LogP contribution in [0.5, 0.6) is 0 Å². The number of halogens is 1. The molecule has 1 aromatic rings. The lowest BCUT2D eigenvalue weighted by Gasteiger charge is -2.35. The molecule has 112 valence electrons. The van der Waals surface area contributed by atoms with Crippen LogP contribution in [0.3, 0.4) is 0 Å². The maximum atomic E-state index is 11.7. The zero-order valence-electron chi connectivity index (χ0n) is 11.8. The molecule has 0 saturated carbocycles. The van der Waals surface area contributed by atoms with Crippen LogP contribution in [-0.2, 0) is 9.84 Å². The topological polar surface area (TPSA) is 63.4 Å². The first kappa shape index (κ1) is 15.9. The summed E-state index contributed by atoms with van der Waals surface area (Å²) in [4.78, 5) is 2.12. The first-order chi connectivity index (χ1) is 9.32. The van der Waals surface area contributed by atoms with Crippen molar-refractivity contribution in [1.29, 1.82) is 0 Å². The molecule has 4 nitrogen and oxygen atoms in total. The Bertz CT molecular complexity index is 574. The normalized spacial score (nSPS) is 24.8. The average molecular weight is 361 g/mol. The summed E-state index contributed by atoms with van der Waals surface area (Å²) in [5, 5.41) is 0. The molecule has 1 aromatic carbocycles. The van der Waals surface area contributed by atoms with Crippen LogP contribution in [0.1, 0.15) is 24.9 Å². The van der Waals surface area contributed by atoms with Gasteiger partial charge in [-0.2, -0.15) is 0 Å².